The van der Waals surface area contributed by atoms with Gasteiger partial charge in [0.2, 0.25) is 0 Å². The zero-order valence-electron chi connectivity index (χ0n) is 30.8. The largest absolute Gasteiger partial charge is 0.455 e. The first kappa shape index (κ1) is 32.7. The topological polar surface area (TPSA) is 51.8 Å². The van der Waals surface area contributed by atoms with Gasteiger partial charge in [-0.25, -0.2) is 15.0 Å². The summed E-state index contributed by atoms with van der Waals surface area (Å²) in [7, 11) is 0. The van der Waals surface area contributed by atoms with E-state index in [4.69, 9.17) is 19.4 Å². The maximum absolute atomic E-state index is 6.47. The Balaban J connectivity index is 1.10. The van der Waals surface area contributed by atoms with Crippen molar-refractivity contribution in [3.8, 4) is 67.5 Å². The molecule has 4 nitrogen and oxygen atoms in total. The second-order valence-corrected chi connectivity index (χ2v) is 14.3. The molecule has 11 rings (SSSR count). The molecule has 0 unspecified atom stereocenters. The monoisotopic (exact) mass is 727 g/mol. The smallest absolute Gasteiger partial charge is 0.167 e. The summed E-state index contributed by atoms with van der Waals surface area (Å²) in [6, 6.07) is 70.0. The molecule has 57 heavy (non-hydrogen) atoms. The molecule has 0 radical (unpaired) electrons. The molecule has 0 amide bonds. The highest BCUT2D eigenvalue weighted by molar-refractivity contribution is 6.11. The zero-order valence-corrected chi connectivity index (χ0v) is 30.8. The lowest BCUT2D eigenvalue weighted by molar-refractivity contribution is 0.669. The molecule has 266 valence electrons. The van der Waals surface area contributed by atoms with E-state index in [1.165, 1.54) is 33.0 Å². The normalized spacial score (nSPS) is 11.5. The third kappa shape index (κ3) is 5.58. The van der Waals surface area contributed by atoms with Gasteiger partial charge >= 0.3 is 0 Å². The molecule has 0 bridgehead atoms. The highest BCUT2D eigenvalue weighted by atomic mass is 16.3. The highest BCUT2D eigenvalue weighted by Crippen LogP contribution is 2.43. The molecule has 0 spiro atoms. The van der Waals surface area contributed by atoms with E-state index < -0.39 is 0 Å². The van der Waals surface area contributed by atoms with E-state index in [9.17, 15) is 0 Å². The van der Waals surface area contributed by atoms with Crippen LogP contribution in [0.15, 0.2) is 205 Å². The second-order valence-electron chi connectivity index (χ2n) is 14.3. The third-order valence-corrected chi connectivity index (χ3v) is 11.0. The predicted octanol–water partition coefficient (Wildman–Crippen LogP) is 14.1. The van der Waals surface area contributed by atoms with Crippen LogP contribution in [0.4, 0.5) is 0 Å². The third-order valence-electron chi connectivity index (χ3n) is 11.0. The predicted molar refractivity (Wildman–Crippen MR) is 235 cm³/mol. The summed E-state index contributed by atoms with van der Waals surface area (Å²) in [4.78, 5) is 15.5. The van der Waals surface area contributed by atoms with Gasteiger partial charge in [-0.2, -0.15) is 0 Å². The van der Waals surface area contributed by atoms with Gasteiger partial charge in [-0.15, -0.1) is 0 Å². The van der Waals surface area contributed by atoms with Crippen molar-refractivity contribution < 1.29 is 4.42 Å². The van der Waals surface area contributed by atoms with E-state index in [-0.39, 0.29) is 0 Å². The number of fused-ring (bicyclic) bond motifs is 5. The number of benzene rings is 9. The van der Waals surface area contributed by atoms with Crippen molar-refractivity contribution in [2.75, 3.05) is 0 Å². The number of nitrogens with zero attached hydrogens (tertiary/aromatic N) is 3. The minimum absolute atomic E-state index is 0.563. The van der Waals surface area contributed by atoms with Crippen LogP contribution in [0, 0.1) is 0 Å². The van der Waals surface area contributed by atoms with E-state index in [0.717, 1.165) is 60.5 Å². The van der Waals surface area contributed by atoms with Gasteiger partial charge in [-0.1, -0.05) is 182 Å². The van der Waals surface area contributed by atoms with E-state index in [0.29, 0.717) is 17.5 Å². The molecule has 0 fully saturated rings. The zero-order chi connectivity index (χ0) is 37.7. The molecule has 2 heterocycles. The van der Waals surface area contributed by atoms with Crippen LogP contribution in [-0.4, -0.2) is 15.0 Å². The molecule has 0 aliphatic rings. The van der Waals surface area contributed by atoms with Gasteiger partial charge in [-0.05, 0) is 73.1 Å². The van der Waals surface area contributed by atoms with E-state index in [2.05, 4.69) is 140 Å². The summed E-state index contributed by atoms with van der Waals surface area (Å²) in [6.45, 7) is 0. The Morgan fingerprint density at radius 1 is 0.246 bits per heavy atom. The first-order valence-corrected chi connectivity index (χ1v) is 19.2. The maximum atomic E-state index is 6.47. The lowest BCUT2D eigenvalue weighted by Gasteiger charge is -2.17. The van der Waals surface area contributed by atoms with Crippen LogP contribution in [0.1, 0.15) is 0 Å². The summed E-state index contributed by atoms with van der Waals surface area (Å²) < 4.78 is 6.47. The molecule has 0 saturated carbocycles. The molecule has 4 heteroatoms. The fourth-order valence-electron chi connectivity index (χ4n) is 8.34. The van der Waals surface area contributed by atoms with Crippen LogP contribution in [0.25, 0.3) is 111 Å². The van der Waals surface area contributed by atoms with Crippen molar-refractivity contribution in [1.29, 1.82) is 0 Å². The number of hydrogen-bond donors (Lipinski definition) is 0. The lowest BCUT2D eigenvalue weighted by atomic mass is 9.87. The Kier molecular flexibility index (Phi) is 7.78. The van der Waals surface area contributed by atoms with Crippen molar-refractivity contribution in [2.24, 2.45) is 0 Å². The van der Waals surface area contributed by atoms with E-state index >= 15 is 0 Å². The van der Waals surface area contributed by atoms with Gasteiger partial charge in [0.25, 0.3) is 0 Å². The lowest BCUT2D eigenvalue weighted by Crippen LogP contribution is -2.01. The molecule has 0 atom stereocenters. The van der Waals surface area contributed by atoms with Crippen molar-refractivity contribution in [3.63, 3.8) is 0 Å². The summed E-state index contributed by atoms with van der Waals surface area (Å²) in [5.41, 5.74) is 11.4. The van der Waals surface area contributed by atoms with Crippen LogP contribution < -0.4 is 0 Å². The molecule has 11 aromatic rings. The molecule has 9 aromatic carbocycles. The van der Waals surface area contributed by atoms with Crippen LogP contribution in [0.2, 0.25) is 0 Å². The van der Waals surface area contributed by atoms with Crippen LogP contribution in [-0.2, 0) is 0 Å². The van der Waals surface area contributed by atoms with Crippen molar-refractivity contribution in [3.05, 3.63) is 200 Å². The molecular weight excluding hydrogens is 695 g/mol. The molecular formula is C53H33N3O. The Bertz CT molecular complexity index is 3300. The van der Waals surface area contributed by atoms with Gasteiger partial charge in [0.15, 0.2) is 17.5 Å². The Morgan fingerprint density at radius 3 is 1.32 bits per heavy atom. The summed E-state index contributed by atoms with van der Waals surface area (Å²) in [5.74, 6) is 1.77. The Hall–Kier alpha value is -7.69. The Labute approximate surface area is 329 Å². The second kappa shape index (κ2) is 13.6. The van der Waals surface area contributed by atoms with Crippen molar-refractivity contribution in [2.45, 2.75) is 0 Å². The van der Waals surface area contributed by atoms with Crippen LogP contribution in [0.3, 0.4) is 0 Å². The van der Waals surface area contributed by atoms with Gasteiger partial charge in [0.05, 0.1) is 5.56 Å². The van der Waals surface area contributed by atoms with Crippen LogP contribution >= 0.6 is 0 Å². The van der Waals surface area contributed by atoms with E-state index in [1.54, 1.807) is 0 Å². The highest BCUT2D eigenvalue weighted by Gasteiger charge is 2.20. The molecule has 0 saturated heterocycles. The Morgan fingerprint density at radius 2 is 0.667 bits per heavy atom. The quantitative estimate of drug-likeness (QED) is 0.171. The van der Waals surface area contributed by atoms with Crippen molar-refractivity contribution in [1.82, 2.24) is 15.0 Å². The first-order chi connectivity index (χ1) is 28.3. The molecule has 0 aliphatic heterocycles. The summed E-state index contributed by atoms with van der Waals surface area (Å²) in [6.07, 6.45) is 0. The number of rotatable bonds is 6. The summed E-state index contributed by atoms with van der Waals surface area (Å²) >= 11 is 0. The van der Waals surface area contributed by atoms with Crippen molar-refractivity contribution >= 4 is 43.5 Å². The van der Waals surface area contributed by atoms with Crippen LogP contribution in [0.5, 0.6) is 0 Å². The molecule has 0 N–H and O–H groups in total. The average molecular weight is 728 g/mol. The fourth-order valence-corrected chi connectivity index (χ4v) is 8.34. The SMILES string of the molecule is c1ccc(-c2nc(-c3ccc(-c4ccccc4-c4ccc(-c5ccccc5)c5ccccc45)c4ccccc34)nc(-c3cccc4c3oc3ccccc34)n2)cc1. The molecule has 2 aromatic heterocycles. The average Bonchev–Trinajstić information content (AvgIpc) is 3.68. The van der Waals surface area contributed by atoms with Gasteiger partial charge in [-0.3, -0.25) is 0 Å². The summed E-state index contributed by atoms with van der Waals surface area (Å²) in [5, 5.41) is 6.73. The number of para-hydroxylation sites is 2. The minimum Gasteiger partial charge on any atom is -0.455 e. The number of hydrogen-bond acceptors (Lipinski definition) is 4. The fraction of sp³-hybridized carbons (Fsp3) is 0. The van der Waals surface area contributed by atoms with Gasteiger partial charge < -0.3 is 4.42 Å². The van der Waals surface area contributed by atoms with Gasteiger partial charge in [0, 0.05) is 21.9 Å². The first-order valence-electron chi connectivity index (χ1n) is 19.2. The number of furan rings is 1. The maximum Gasteiger partial charge on any atom is 0.167 e. The standard InChI is InChI=1S/C53H33N3O/c1-3-16-34(17-4-1)36-30-31-43(38-21-8-7-20-37(36)38)39-22-9-10-23-40(39)44-32-33-47(42-25-12-11-24-41(42)44)52-54-51(35-18-5-2-6-19-35)55-53(56-52)48-28-15-27-46-45-26-13-14-29-49(45)57-50(46)48/h1-33H. The van der Waals surface area contributed by atoms with Gasteiger partial charge in [0.1, 0.15) is 11.2 Å². The molecule has 0 aliphatic carbocycles. The minimum atomic E-state index is 0.563. The van der Waals surface area contributed by atoms with E-state index in [1.807, 2.05) is 60.7 Å². The number of aromatic nitrogens is 3.